The van der Waals surface area contributed by atoms with Crippen LogP contribution in [0.3, 0.4) is 0 Å². The van der Waals surface area contributed by atoms with E-state index >= 15 is 0 Å². The number of hydrogen-bond acceptors (Lipinski definition) is 5. The molecule has 1 saturated carbocycles. The van der Waals surface area contributed by atoms with Gasteiger partial charge in [-0.3, -0.25) is 10.00 Å². The number of ether oxygens (including phenoxy) is 2. The molecule has 1 aliphatic carbocycles. The van der Waals surface area contributed by atoms with Gasteiger partial charge in [-0.15, -0.1) is 0 Å². The Morgan fingerprint density at radius 3 is 2.61 bits per heavy atom. The van der Waals surface area contributed by atoms with Crippen molar-refractivity contribution in [3.05, 3.63) is 17.0 Å². The van der Waals surface area contributed by atoms with E-state index < -0.39 is 11.6 Å². The van der Waals surface area contributed by atoms with Crippen LogP contribution in [0.25, 0.3) is 0 Å². The first-order valence-electron chi connectivity index (χ1n) is 7.99. The van der Waals surface area contributed by atoms with Crippen molar-refractivity contribution in [3.63, 3.8) is 0 Å². The van der Waals surface area contributed by atoms with E-state index in [0.717, 1.165) is 24.1 Å². The van der Waals surface area contributed by atoms with E-state index in [1.54, 1.807) is 11.8 Å². The summed E-state index contributed by atoms with van der Waals surface area (Å²) in [7, 11) is 0. The molecule has 1 N–H and O–H groups in total. The van der Waals surface area contributed by atoms with Crippen LogP contribution in [0.5, 0.6) is 0 Å². The van der Waals surface area contributed by atoms with E-state index in [-0.39, 0.29) is 17.3 Å². The fourth-order valence-electron chi connectivity index (χ4n) is 3.00. The van der Waals surface area contributed by atoms with Crippen molar-refractivity contribution in [1.82, 2.24) is 15.1 Å². The van der Waals surface area contributed by atoms with Crippen LogP contribution in [0.4, 0.5) is 4.79 Å². The first-order chi connectivity index (χ1) is 10.8. The number of fused-ring (bicyclic) bond motifs is 1. The van der Waals surface area contributed by atoms with Gasteiger partial charge in [0.1, 0.15) is 5.60 Å². The van der Waals surface area contributed by atoms with Crippen LogP contribution < -0.4 is 0 Å². The minimum Gasteiger partial charge on any atom is -0.461 e. The van der Waals surface area contributed by atoms with Crippen LogP contribution in [0.2, 0.25) is 0 Å². The number of carbonyl (C=O) groups is 2. The molecule has 1 aromatic rings. The molecule has 2 heterocycles. The highest BCUT2D eigenvalue weighted by Gasteiger charge is 2.54. The molecule has 1 aromatic heterocycles. The molecular formula is C16H23N3O4. The predicted molar refractivity (Wildman–Crippen MR) is 82.0 cm³/mol. The van der Waals surface area contributed by atoms with Gasteiger partial charge in [0.05, 0.1) is 18.7 Å². The maximum atomic E-state index is 12.6. The predicted octanol–water partition coefficient (Wildman–Crippen LogP) is 2.41. The number of amides is 1. The van der Waals surface area contributed by atoms with Gasteiger partial charge < -0.3 is 9.47 Å². The van der Waals surface area contributed by atoms with Crippen molar-refractivity contribution < 1.29 is 19.1 Å². The Labute approximate surface area is 135 Å². The van der Waals surface area contributed by atoms with Crippen molar-refractivity contribution in [2.45, 2.75) is 64.6 Å². The molecule has 0 unspecified atom stereocenters. The number of rotatable bonds is 2. The van der Waals surface area contributed by atoms with Gasteiger partial charge in [0.15, 0.2) is 5.69 Å². The van der Waals surface area contributed by atoms with Crippen molar-refractivity contribution in [2.24, 2.45) is 0 Å². The third-order valence-electron chi connectivity index (χ3n) is 4.26. The second kappa shape index (κ2) is 5.25. The lowest BCUT2D eigenvalue weighted by Crippen LogP contribution is -2.48. The maximum absolute atomic E-state index is 12.6. The summed E-state index contributed by atoms with van der Waals surface area (Å²) in [5.74, 6) is -0.458. The molecule has 126 valence electrons. The standard InChI is InChI=1S/C16H23N3O4/c1-5-22-13(20)12-10-9-19(14(21)23-15(2,3)4)16(6-7-16)8-11(10)17-18-12/h5-9H2,1-4H3,(H,17,18). The lowest BCUT2D eigenvalue weighted by Gasteiger charge is -2.37. The summed E-state index contributed by atoms with van der Waals surface area (Å²) in [5.41, 5.74) is 1.20. The zero-order valence-corrected chi connectivity index (χ0v) is 14.1. The third kappa shape index (κ3) is 2.92. The van der Waals surface area contributed by atoms with E-state index in [9.17, 15) is 9.59 Å². The number of H-pyrrole nitrogens is 1. The third-order valence-corrected chi connectivity index (χ3v) is 4.26. The number of aromatic amines is 1. The van der Waals surface area contributed by atoms with Crippen molar-refractivity contribution in [2.75, 3.05) is 6.61 Å². The van der Waals surface area contributed by atoms with Gasteiger partial charge in [-0.2, -0.15) is 5.10 Å². The lowest BCUT2D eigenvalue weighted by atomic mass is 9.97. The van der Waals surface area contributed by atoms with Gasteiger partial charge in [-0.05, 0) is 40.5 Å². The van der Waals surface area contributed by atoms with Crippen LogP contribution in [-0.4, -0.2) is 44.9 Å². The molecule has 2 aliphatic rings. The summed E-state index contributed by atoms with van der Waals surface area (Å²) in [6, 6.07) is 0. The molecule has 0 saturated heterocycles. The van der Waals surface area contributed by atoms with Crippen molar-refractivity contribution >= 4 is 12.1 Å². The van der Waals surface area contributed by atoms with E-state index in [4.69, 9.17) is 9.47 Å². The minimum absolute atomic E-state index is 0.187. The monoisotopic (exact) mass is 321 g/mol. The lowest BCUT2D eigenvalue weighted by molar-refractivity contribution is 0.00787. The van der Waals surface area contributed by atoms with E-state index in [2.05, 4.69) is 10.2 Å². The Hall–Kier alpha value is -2.05. The van der Waals surface area contributed by atoms with Crippen LogP contribution >= 0.6 is 0 Å². The summed E-state index contributed by atoms with van der Waals surface area (Å²) in [6.07, 6.45) is 2.23. The number of nitrogens with zero attached hydrogens (tertiary/aromatic N) is 2. The number of esters is 1. The van der Waals surface area contributed by atoms with Gasteiger partial charge >= 0.3 is 12.1 Å². The van der Waals surface area contributed by atoms with Crippen LogP contribution in [0, 0.1) is 0 Å². The first-order valence-corrected chi connectivity index (χ1v) is 7.99. The van der Waals surface area contributed by atoms with Gasteiger partial charge in [0, 0.05) is 17.7 Å². The first kappa shape index (κ1) is 15.8. The molecule has 1 amide bonds. The Bertz CT molecular complexity index is 640. The van der Waals surface area contributed by atoms with Crippen LogP contribution in [-0.2, 0) is 22.4 Å². The molecule has 7 heteroatoms. The highest BCUT2D eigenvalue weighted by atomic mass is 16.6. The molecule has 1 fully saturated rings. The second-order valence-electron chi connectivity index (χ2n) is 7.22. The van der Waals surface area contributed by atoms with Crippen molar-refractivity contribution in [3.8, 4) is 0 Å². The zero-order valence-electron chi connectivity index (χ0n) is 14.1. The normalized spacial score (nSPS) is 18.5. The largest absolute Gasteiger partial charge is 0.461 e. The van der Waals surface area contributed by atoms with E-state index in [1.807, 2.05) is 20.8 Å². The molecule has 7 nitrogen and oxygen atoms in total. The molecule has 1 aliphatic heterocycles. The summed E-state index contributed by atoms with van der Waals surface area (Å²) in [6.45, 7) is 7.92. The summed E-state index contributed by atoms with van der Waals surface area (Å²) < 4.78 is 10.6. The molecule has 3 rings (SSSR count). The minimum atomic E-state index is -0.548. The Balaban J connectivity index is 1.87. The molecule has 23 heavy (non-hydrogen) atoms. The number of nitrogens with one attached hydrogen (secondary N) is 1. The van der Waals surface area contributed by atoms with Crippen LogP contribution in [0.1, 0.15) is 62.3 Å². The second-order valence-corrected chi connectivity index (χ2v) is 7.22. The molecule has 0 atom stereocenters. The number of hydrogen-bond donors (Lipinski definition) is 1. The fraction of sp³-hybridized carbons (Fsp3) is 0.688. The Morgan fingerprint density at radius 1 is 1.35 bits per heavy atom. The average molecular weight is 321 g/mol. The van der Waals surface area contributed by atoms with Gasteiger partial charge in [-0.1, -0.05) is 0 Å². The maximum Gasteiger partial charge on any atom is 0.411 e. The topological polar surface area (TPSA) is 84.5 Å². The Kier molecular flexibility index (Phi) is 3.61. The van der Waals surface area contributed by atoms with E-state index in [0.29, 0.717) is 19.6 Å². The Morgan fingerprint density at radius 2 is 2.04 bits per heavy atom. The number of aromatic nitrogens is 2. The quantitative estimate of drug-likeness (QED) is 0.846. The average Bonchev–Trinajstić information content (AvgIpc) is 3.06. The fourth-order valence-corrected chi connectivity index (χ4v) is 3.00. The SMILES string of the molecule is CCOC(=O)c1n[nH]c2c1CN(C(=O)OC(C)(C)C)C1(CC1)C2. The summed E-state index contributed by atoms with van der Waals surface area (Å²) >= 11 is 0. The van der Waals surface area contributed by atoms with Crippen molar-refractivity contribution in [1.29, 1.82) is 0 Å². The molecule has 0 bridgehead atoms. The summed E-state index contributed by atoms with van der Waals surface area (Å²) in [4.78, 5) is 26.3. The number of carbonyl (C=O) groups excluding carboxylic acids is 2. The summed E-state index contributed by atoms with van der Waals surface area (Å²) in [5, 5.41) is 7.04. The van der Waals surface area contributed by atoms with Gasteiger partial charge in [0.2, 0.25) is 0 Å². The van der Waals surface area contributed by atoms with Crippen LogP contribution in [0.15, 0.2) is 0 Å². The highest BCUT2D eigenvalue weighted by molar-refractivity contribution is 5.89. The smallest absolute Gasteiger partial charge is 0.411 e. The molecular weight excluding hydrogens is 298 g/mol. The highest BCUT2D eigenvalue weighted by Crippen LogP contribution is 2.49. The molecule has 0 aromatic carbocycles. The van der Waals surface area contributed by atoms with Gasteiger partial charge in [-0.25, -0.2) is 9.59 Å². The van der Waals surface area contributed by atoms with Gasteiger partial charge in [0.25, 0.3) is 0 Å². The van der Waals surface area contributed by atoms with E-state index in [1.165, 1.54) is 0 Å². The zero-order chi connectivity index (χ0) is 16.8. The molecule has 0 radical (unpaired) electrons. The molecule has 1 spiro atoms.